The third-order valence-corrected chi connectivity index (χ3v) is 4.65. The standard InChI is InChI=1S/C19H29N5/c1-13(2)12-24-7-5-16(6-8-24)10-18-21-14(3)9-17(23-18)19-20-11-15(4)22-19/h9,11,13,16H,5-8,10,12H2,1-4H3,(H,20,22). The first-order valence-electron chi connectivity index (χ1n) is 9.08. The maximum atomic E-state index is 4.76. The van der Waals surface area contributed by atoms with Gasteiger partial charge in [0.2, 0.25) is 0 Å². The van der Waals surface area contributed by atoms with Gasteiger partial charge in [-0.3, -0.25) is 0 Å². The van der Waals surface area contributed by atoms with Gasteiger partial charge in [0.05, 0.1) is 0 Å². The number of likely N-dealkylation sites (tertiary alicyclic amines) is 1. The SMILES string of the molecule is Cc1cc(-c2ncc(C)[nH]2)nc(CC2CCN(CC(C)C)CC2)n1. The molecule has 0 spiro atoms. The summed E-state index contributed by atoms with van der Waals surface area (Å²) in [6, 6.07) is 2.01. The van der Waals surface area contributed by atoms with E-state index in [4.69, 9.17) is 4.98 Å². The molecular formula is C19H29N5. The molecule has 1 saturated heterocycles. The van der Waals surface area contributed by atoms with Gasteiger partial charge in [0, 0.05) is 30.6 Å². The lowest BCUT2D eigenvalue weighted by Gasteiger charge is -2.32. The Hall–Kier alpha value is -1.75. The van der Waals surface area contributed by atoms with Gasteiger partial charge in [-0.2, -0.15) is 0 Å². The van der Waals surface area contributed by atoms with Crippen LogP contribution < -0.4 is 0 Å². The normalized spacial score (nSPS) is 16.9. The molecule has 0 aliphatic carbocycles. The van der Waals surface area contributed by atoms with Crippen molar-refractivity contribution >= 4 is 0 Å². The Bertz CT molecular complexity index is 668. The van der Waals surface area contributed by atoms with Crippen molar-refractivity contribution < 1.29 is 0 Å². The second-order valence-corrected chi connectivity index (χ2v) is 7.57. The molecular weight excluding hydrogens is 298 g/mol. The fourth-order valence-electron chi connectivity index (χ4n) is 3.53. The topological polar surface area (TPSA) is 57.7 Å². The minimum atomic E-state index is 0.696. The minimum absolute atomic E-state index is 0.696. The molecule has 1 aliphatic rings. The second-order valence-electron chi connectivity index (χ2n) is 7.57. The molecule has 2 aromatic rings. The van der Waals surface area contributed by atoms with Gasteiger partial charge in [0.25, 0.3) is 0 Å². The van der Waals surface area contributed by atoms with E-state index in [1.807, 2.05) is 26.1 Å². The van der Waals surface area contributed by atoms with E-state index in [0.717, 1.165) is 41.1 Å². The van der Waals surface area contributed by atoms with Crippen LogP contribution in [0.2, 0.25) is 0 Å². The van der Waals surface area contributed by atoms with Crippen LogP contribution >= 0.6 is 0 Å². The maximum Gasteiger partial charge on any atom is 0.156 e. The highest BCUT2D eigenvalue weighted by Gasteiger charge is 2.21. The van der Waals surface area contributed by atoms with Gasteiger partial charge in [-0.1, -0.05) is 13.8 Å². The van der Waals surface area contributed by atoms with Crippen molar-refractivity contribution in [1.29, 1.82) is 0 Å². The highest BCUT2D eigenvalue weighted by atomic mass is 15.1. The first-order chi connectivity index (χ1) is 11.5. The molecule has 0 saturated carbocycles. The molecule has 3 heterocycles. The molecule has 0 atom stereocenters. The third kappa shape index (κ3) is 4.41. The zero-order valence-electron chi connectivity index (χ0n) is 15.3. The highest BCUT2D eigenvalue weighted by molar-refractivity contribution is 5.49. The smallest absolute Gasteiger partial charge is 0.156 e. The van der Waals surface area contributed by atoms with Crippen molar-refractivity contribution in [3.63, 3.8) is 0 Å². The van der Waals surface area contributed by atoms with E-state index in [9.17, 15) is 0 Å². The first kappa shape index (κ1) is 17.1. The minimum Gasteiger partial charge on any atom is -0.341 e. The monoisotopic (exact) mass is 327 g/mol. The van der Waals surface area contributed by atoms with E-state index in [2.05, 4.69) is 33.7 Å². The van der Waals surface area contributed by atoms with E-state index in [1.165, 1.54) is 32.5 Å². The fourth-order valence-corrected chi connectivity index (χ4v) is 3.53. The van der Waals surface area contributed by atoms with Gasteiger partial charge < -0.3 is 9.88 Å². The predicted octanol–water partition coefficient (Wildman–Crippen LogP) is 3.39. The summed E-state index contributed by atoms with van der Waals surface area (Å²) in [7, 11) is 0. The Labute approximate surface area is 144 Å². The Morgan fingerprint density at radius 2 is 1.96 bits per heavy atom. The van der Waals surface area contributed by atoms with Crippen LogP contribution in [-0.4, -0.2) is 44.5 Å². The molecule has 24 heavy (non-hydrogen) atoms. The summed E-state index contributed by atoms with van der Waals surface area (Å²) >= 11 is 0. The number of hydrogen-bond acceptors (Lipinski definition) is 4. The zero-order chi connectivity index (χ0) is 17.1. The molecule has 1 N–H and O–H groups in total. The number of nitrogens with zero attached hydrogens (tertiary/aromatic N) is 4. The number of H-pyrrole nitrogens is 1. The van der Waals surface area contributed by atoms with Crippen molar-refractivity contribution in [3.05, 3.63) is 29.5 Å². The maximum absolute atomic E-state index is 4.76. The number of nitrogens with one attached hydrogen (secondary N) is 1. The summed E-state index contributed by atoms with van der Waals surface area (Å²) in [5, 5.41) is 0. The highest BCUT2D eigenvalue weighted by Crippen LogP contribution is 2.22. The van der Waals surface area contributed by atoms with Crippen LogP contribution in [0.1, 0.15) is 43.9 Å². The predicted molar refractivity (Wildman–Crippen MR) is 96.8 cm³/mol. The third-order valence-electron chi connectivity index (χ3n) is 4.65. The average molecular weight is 327 g/mol. The molecule has 0 amide bonds. The number of rotatable bonds is 5. The molecule has 0 bridgehead atoms. The van der Waals surface area contributed by atoms with Crippen LogP contribution in [0.4, 0.5) is 0 Å². The van der Waals surface area contributed by atoms with E-state index in [1.54, 1.807) is 0 Å². The number of piperidine rings is 1. The van der Waals surface area contributed by atoms with E-state index in [0.29, 0.717) is 5.92 Å². The van der Waals surface area contributed by atoms with Crippen LogP contribution in [0.3, 0.4) is 0 Å². The van der Waals surface area contributed by atoms with Crippen molar-refractivity contribution in [3.8, 4) is 11.5 Å². The summed E-state index contributed by atoms with van der Waals surface area (Å²) in [5.41, 5.74) is 2.98. The zero-order valence-corrected chi connectivity index (χ0v) is 15.3. The summed E-state index contributed by atoms with van der Waals surface area (Å²) in [6.45, 7) is 12.3. The van der Waals surface area contributed by atoms with Crippen molar-refractivity contribution in [2.24, 2.45) is 11.8 Å². The van der Waals surface area contributed by atoms with Gasteiger partial charge in [-0.05, 0) is 57.7 Å². The quantitative estimate of drug-likeness (QED) is 0.914. The number of aromatic nitrogens is 4. The molecule has 5 nitrogen and oxygen atoms in total. The van der Waals surface area contributed by atoms with Crippen LogP contribution in [0.15, 0.2) is 12.3 Å². The molecule has 0 radical (unpaired) electrons. The first-order valence-corrected chi connectivity index (χ1v) is 9.08. The lowest BCUT2D eigenvalue weighted by atomic mass is 9.92. The molecule has 5 heteroatoms. The van der Waals surface area contributed by atoms with Crippen LogP contribution in [0.5, 0.6) is 0 Å². The van der Waals surface area contributed by atoms with Crippen LogP contribution in [0.25, 0.3) is 11.5 Å². The van der Waals surface area contributed by atoms with E-state index >= 15 is 0 Å². The lowest BCUT2D eigenvalue weighted by molar-refractivity contribution is 0.166. The lowest BCUT2D eigenvalue weighted by Crippen LogP contribution is -2.36. The van der Waals surface area contributed by atoms with E-state index < -0.39 is 0 Å². The summed E-state index contributed by atoms with van der Waals surface area (Å²) in [6.07, 6.45) is 5.32. The van der Waals surface area contributed by atoms with E-state index in [-0.39, 0.29) is 0 Å². The molecule has 2 aromatic heterocycles. The Balaban J connectivity index is 1.65. The average Bonchev–Trinajstić information content (AvgIpc) is 2.95. The molecule has 3 rings (SSSR count). The van der Waals surface area contributed by atoms with Gasteiger partial charge in [-0.25, -0.2) is 15.0 Å². The summed E-state index contributed by atoms with van der Waals surface area (Å²) in [4.78, 5) is 19.7. The van der Waals surface area contributed by atoms with Gasteiger partial charge in [-0.15, -0.1) is 0 Å². The van der Waals surface area contributed by atoms with Crippen LogP contribution in [-0.2, 0) is 6.42 Å². The Morgan fingerprint density at radius 1 is 1.21 bits per heavy atom. The number of aromatic amines is 1. The molecule has 1 aliphatic heterocycles. The molecule has 1 fully saturated rings. The molecule has 130 valence electrons. The van der Waals surface area contributed by atoms with Gasteiger partial charge >= 0.3 is 0 Å². The fraction of sp³-hybridized carbons (Fsp3) is 0.632. The van der Waals surface area contributed by atoms with Gasteiger partial charge in [0.15, 0.2) is 5.82 Å². The Kier molecular flexibility index (Phi) is 5.29. The number of aryl methyl sites for hydroxylation is 2. The number of imidazole rings is 1. The summed E-state index contributed by atoms with van der Waals surface area (Å²) in [5.74, 6) is 3.25. The number of hydrogen-bond donors (Lipinski definition) is 1. The van der Waals surface area contributed by atoms with Crippen LogP contribution in [0, 0.1) is 25.7 Å². The second kappa shape index (κ2) is 7.43. The molecule has 0 aromatic carbocycles. The Morgan fingerprint density at radius 3 is 2.58 bits per heavy atom. The summed E-state index contributed by atoms with van der Waals surface area (Å²) < 4.78 is 0. The van der Waals surface area contributed by atoms with Crippen molar-refractivity contribution in [2.75, 3.05) is 19.6 Å². The van der Waals surface area contributed by atoms with Crippen molar-refractivity contribution in [1.82, 2.24) is 24.8 Å². The largest absolute Gasteiger partial charge is 0.341 e. The van der Waals surface area contributed by atoms with Crippen molar-refractivity contribution in [2.45, 2.75) is 47.0 Å². The van der Waals surface area contributed by atoms with Gasteiger partial charge in [0.1, 0.15) is 11.5 Å². The molecule has 0 unspecified atom stereocenters.